The first kappa shape index (κ1) is 14.2. The van der Waals surface area contributed by atoms with E-state index in [1.807, 2.05) is 20.8 Å². The van der Waals surface area contributed by atoms with Gasteiger partial charge < -0.3 is 0 Å². The third kappa shape index (κ3) is 3.23. The van der Waals surface area contributed by atoms with Crippen molar-refractivity contribution in [3.8, 4) is 0 Å². The van der Waals surface area contributed by atoms with Crippen LogP contribution in [0.25, 0.3) is 10.1 Å². The molecule has 6 heteroatoms. The Morgan fingerprint density at radius 3 is 2.74 bits per heavy atom. The standard InChI is InChI=1S/C13H13ClFNO2S/c1-13(2,3)18-16-12(17)11-10(14)8-5-4-7(15)6-9(8)19-11/h4-6H,1-3H3,(H,16,17). The van der Waals surface area contributed by atoms with Crippen molar-refractivity contribution in [2.45, 2.75) is 26.4 Å². The molecule has 1 amide bonds. The lowest BCUT2D eigenvalue weighted by Crippen LogP contribution is -2.33. The maximum Gasteiger partial charge on any atom is 0.286 e. The number of halogens is 2. The molecule has 3 nitrogen and oxygen atoms in total. The SMILES string of the molecule is CC(C)(C)ONC(=O)c1sc2cc(F)ccc2c1Cl. The predicted molar refractivity (Wildman–Crippen MR) is 75.1 cm³/mol. The fourth-order valence-corrected chi connectivity index (χ4v) is 2.86. The van der Waals surface area contributed by atoms with Crippen LogP contribution in [0.5, 0.6) is 0 Å². The number of benzene rings is 1. The molecule has 2 rings (SSSR count). The van der Waals surface area contributed by atoms with Crippen LogP contribution in [0.2, 0.25) is 5.02 Å². The van der Waals surface area contributed by atoms with E-state index in [4.69, 9.17) is 16.4 Å². The number of fused-ring (bicyclic) bond motifs is 1. The molecule has 1 N–H and O–H groups in total. The van der Waals surface area contributed by atoms with Gasteiger partial charge in [0.05, 0.1) is 10.6 Å². The molecule has 19 heavy (non-hydrogen) atoms. The quantitative estimate of drug-likeness (QED) is 0.846. The molecule has 0 saturated carbocycles. The van der Waals surface area contributed by atoms with E-state index in [9.17, 15) is 9.18 Å². The lowest BCUT2D eigenvalue weighted by Gasteiger charge is -2.18. The van der Waals surface area contributed by atoms with Crippen LogP contribution in [0.3, 0.4) is 0 Å². The molecule has 0 spiro atoms. The second-order valence-corrected chi connectivity index (χ2v) is 6.46. The maximum absolute atomic E-state index is 13.1. The van der Waals surface area contributed by atoms with Crippen molar-refractivity contribution in [3.63, 3.8) is 0 Å². The van der Waals surface area contributed by atoms with Crippen molar-refractivity contribution < 1.29 is 14.0 Å². The van der Waals surface area contributed by atoms with Gasteiger partial charge in [-0.15, -0.1) is 11.3 Å². The Balaban J connectivity index is 2.30. The van der Waals surface area contributed by atoms with Crippen molar-refractivity contribution in [2.24, 2.45) is 0 Å². The molecule has 1 heterocycles. The van der Waals surface area contributed by atoms with Crippen LogP contribution in [-0.4, -0.2) is 11.5 Å². The first-order valence-electron chi connectivity index (χ1n) is 5.64. The van der Waals surface area contributed by atoms with Gasteiger partial charge in [-0.05, 0) is 39.0 Å². The van der Waals surface area contributed by atoms with Crippen molar-refractivity contribution in [1.29, 1.82) is 0 Å². The number of carbonyl (C=O) groups is 1. The molecule has 0 aliphatic rings. The molecular formula is C13H13ClFNO2S. The fourth-order valence-electron chi connectivity index (χ4n) is 1.43. The molecule has 102 valence electrons. The molecule has 0 saturated heterocycles. The van der Waals surface area contributed by atoms with E-state index < -0.39 is 11.5 Å². The average molecular weight is 302 g/mol. The lowest BCUT2D eigenvalue weighted by molar-refractivity contribution is -0.0588. The largest absolute Gasteiger partial charge is 0.286 e. The Bertz CT molecular complexity index is 633. The summed E-state index contributed by atoms with van der Waals surface area (Å²) in [7, 11) is 0. The summed E-state index contributed by atoms with van der Waals surface area (Å²) in [5.74, 6) is -0.787. The summed E-state index contributed by atoms with van der Waals surface area (Å²) in [5.41, 5.74) is 1.85. The van der Waals surface area contributed by atoms with E-state index in [1.165, 1.54) is 12.1 Å². The van der Waals surface area contributed by atoms with E-state index in [2.05, 4.69) is 5.48 Å². The zero-order valence-corrected chi connectivity index (χ0v) is 12.3. The number of hydrogen-bond acceptors (Lipinski definition) is 3. The normalized spacial score (nSPS) is 11.8. The van der Waals surface area contributed by atoms with Crippen LogP contribution in [0.1, 0.15) is 30.4 Å². The first-order chi connectivity index (χ1) is 8.78. The molecule has 2 aromatic rings. The second kappa shape index (κ2) is 5.07. The third-order valence-corrected chi connectivity index (χ3v) is 3.90. The number of hydrogen-bond donors (Lipinski definition) is 1. The van der Waals surface area contributed by atoms with Gasteiger partial charge in [-0.25, -0.2) is 9.87 Å². The number of amides is 1. The van der Waals surface area contributed by atoms with Crippen molar-refractivity contribution in [2.75, 3.05) is 0 Å². The third-order valence-electron chi connectivity index (χ3n) is 2.25. The summed E-state index contributed by atoms with van der Waals surface area (Å²) in [6, 6.07) is 4.23. The monoisotopic (exact) mass is 301 g/mol. The summed E-state index contributed by atoms with van der Waals surface area (Å²) in [6.07, 6.45) is 0. The molecule has 0 unspecified atom stereocenters. The van der Waals surface area contributed by atoms with E-state index in [0.29, 0.717) is 20.0 Å². The highest BCUT2D eigenvalue weighted by atomic mass is 35.5. The van der Waals surface area contributed by atoms with Gasteiger partial charge in [-0.2, -0.15) is 0 Å². The van der Waals surface area contributed by atoms with Crippen LogP contribution in [0.15, 0.2) is 18.2 Å². The smallest absolute Gasteiger partial charge is 0.268 e. The van der Waals surface area contributed by atoms with Gasteiger partial charge in [0.1, 0.15) is 10.7 Å². The maximum atomic E-state index is 13.1. The zero-order chi connectivity index (χ0) is 14.2. The van der Waals surface area contributed by atoms with Gasteiger partial charge in [0.2, 0.25) is 0 Å². The Hall–Kier alpha value is -1.17. The van der Waals surface area contributed by atoms with E-state index in [1.54, 1.807) is 6.07 Å². The molecular weight excluding hydrogens is 289 g/mol. The number of rotatable bonds is 2. The molecule has 0 atom stereocenters. The lowest BCUT2D eigenvalue weighted by atomic mass is 10.2. The molecule has 0 aliphatic heterocycles. The summed E-state index contributed by atoms with van der Waals surface area (Å²) in [6.45, 7) is 5.44. The van der Waals surface area contributed by atoms with Gasteiger partial charge in [0, 0.05) is 10.1 Å². The average Bonchev–Trinajstić information content (AvgIpc) is 2.62. The first-order valence-corrected chi connectivity index (χ1v) is 6.83. The molecule has 0 fully saturated rings. The Labute approximate surface area is 119 Å². The minimum atomic E-state index is -0.495. The molecule has 0 aliphatic carbocycles. The fraction of sp³-hybridized carbons (Fsp3) is 0.308. The molecule has 0 bridgehead atoms. The van der Waals surface area contributed by atoms with Crippen molar-refractivity contribution in [1.82, 2.24) is 5.48 Å². The predicted octanol–water partition coefficient (Wildman–Crippen LogP) is 4.15. The van der Waals surface area contributed by atoms with Crippen LogP contribution >= 0.6 is 22.9 Å². The number of carbonyl (C=O) groups excluding carboxylic acids is 1. The zero-order valence-electron chi connectivity index (χ0n) is 10.7. The molecule has 0 radical (unpaired) electrons. The second-order valence-electron chi connectivity index (χ2n) is 5.03. The Kier molecular flexibility index (Phi) is 3.80. The minimum absolute atomic E-state index is 0.312. The van der Waals surface area contributed by atoms with Crippen LogP contribution in [-0.2, 0) is 4.84 Å². The Morgan fingerprint density at radius 2 is 2.11 bits per heavy atom. The van der Waals surface area contributed by atoms with Gasteiger partial charge in [-0.1, -0.05) is 11.6 Å². The topological polar surface area (TPSA) is 38.3 Å². The van der Waals surface area contributed by atoms with Crippen molar-refractivity contribution in [3.05, 3.63) is 33.9 Å². The summed E-state index contributed by atoms with van der Waals surface area (Å²) in [5, 5.41) is 0.976. The van der Waals surface area contributed by atoms with Crippen molar-refractivity contribution >= 4 is 38.9 Å². The van der Waals surface area contributed by atoms with E-state index in [-0.39, 0.29) is 5.82 Å². The summed E-state index contributed by atoms with van der Waals surface area (Å²) < 4.78 is 13.8. The molecule has 1 aromatic carbocycles. The Morgan fingerprint density at radius 1 is 1.42 bits per heavy atom. The van der Waals surface area contributed by atoms with E-state index >= 15 is 0 Å². The van der Waals surface area contributed by atoms with Crippen LogP contribution < -0.4 is 5.48 Å². The van der Waals surface area contributed by atoms with Gasteiger partial charge >= 0.3 is 0 Å². The summed E-state index contributed by atoms with van der Waals surface area (Å²) in [4.78, 5) is 17.5. The number of nitrogens with one attached hydrogen (secondary N) is 1. The van der Waals surface area contributed by atoms with Gasteiger partial charge in [-0.3, -0.25) is 9.63 Å². The van der Waals surface area contributed by atoms with E-state index in [0.717, 1.165) is 11.3 Å². The highest BCUT2D eigenvalue weighted by Gasteiger charge is 2.20. The number of hydroxylamine groups is 1. The molecule has 1 aromatic heterocycles. The van der Waals surface area contributed by atoms with Crippen LogP contribution in [0, 0.1) is 5.82 Å². The minimum Gasteiger partial charge on any atom is -0.268 e. The highest BCUT2D eigenvalue weighted by molar-refractivity contribution is 7.21. The summed E-state index contributed by atoms with van der Waals surface area (Å²) >= 11 is 7.26. The van der Waals surface area contributed by atoms with Crippen LogP contribution in [0.4, 0.5) is 4.39 Å². The number of thiophene rings is 1. The highest BCUT2D eigenvalue weighted by Crippen LogP contribution is 2.35. The van der Waals surface area contributed by atoms with Gasteiger partial charge in [0.25, 0.3) is 5.91 Å². The van der Waals surface area contributed by atoms with Gasteiger partial charge in [0.15, 0.2) is 0 Å².